The molecule has 0 bridgehead atoms. The van der Waals surface area contributed by atoms with Crippen molar-refractivity contribution in [3.63, 3.8) is 0 Å². The molecular weight excluding hydrogens is 566 g/mol. The van der Waals surface area contributed by atoms with Crippen molar-refractivity contribution in [2.24, 2.45) is 5.92 Å². The molecule has 0 aliphatic heterocycles. The number of amides is 2. The van der Waals surface area contributed by atoms with Crippen molar-refractivity contribution in [2.45, 2.75) is 58.5 Å². The van der Waals surface area contributed by atoms with Gasteiger partial charge in [0.25, 0.3) is 10.0 Å². The predicted molar refractivity (Wildman–Crippen MR) is 169 cm³/mol. The van der Waals surface area contributed by atoms with Gasteiger partial charge < -0.3 is 19.7 Å². The van der Waals surface area contributed by atoms with E-state index < -0.39 is 28.5 Å². The molecule has 0 heterocycles. The van der Waals surface area contributed by atoms with Crippen molar-refractivity contribution in [2.75, 3.05) is 31.6 Å². The van der Waals surface area contributed by atoms with Gasteiger partial charge in [-0.1, -0.05) is 68.3 Å². The van der Waals surface area contributed by atoms with Gasteiger partial charge in [-0.05, 0) is 56.0 Å². The summed E-state index contributed by atoms with van der Waals surface area (Å²) in [7, 11) is -1.37. The monoisotopic (exact) mass is 609 g/mol. The van der Waals surface area contributed by atoms with Crippen LogP contribution in [-0.4, -0.2) is 58.5 Å². The smallest absolute Gasteiger partial charge is 0.264 e. The molecule has 0 aliphatic carbocycles. The highest BCUT2D eigenvalue weighted by Gasteiger charge is 2.34. The molecule has 10 heteroatoms. The lowest BCUT2D eigenvalue weighted by atomic mass is 10.1. The Kier molecular flexibility index (Phi) is 11.6. The normalized spacial score (nSPS) is 12.0. The summed E-state index contributed by atoms with van der Waals surface area (Å²) in [6.45, 7) is 9.79. The molecule has 9 nitrogen and oxygen atoms in total. The van der Waals surface area contributed by atoms with E-state index in [9.17, 15) is 18.0 Å². The Bertz CT molecular complexity index is 1490. The van der Waals surface area contributed by atoms with Crippen LogP contribution in [0.25, 0.3) is 0 Å². The summed E-state index contributed by atoms with van der Waals surface area (Å²) in [6, 6.07) is 18.1. The number of nitrogens with one attached hydrogen (secondary N) is 1. The SMILES string of the molecule is CC[C@H](C(=O)NCC(C)C)N(Cc1ccc(C)cc1)C(=O)CN(c1ccc(C)cc1)S(=O)(=O)c1ccc(OC)c(OC)c1. The van der Waals surface area contributed by atoms with Crippen LogP contribution in [0.15, 0.2) is 71.6 Å². The van der Waals surface area contributed by atoms with Crippen molar-refractivity contribution in [1.82, 2.24) is 10.2 Å². The van der Waals surface area contributed by atoms with Crippen molar-refractivity contribution in [3.8, 4) is 11.5 Å². The molecule has 0 unspecified atom stereocenters. The number of ether oxygens (including phenoxy) is 2. The minimum Gasteiger partial charge on any atom is -0.493 e. The second kappa shape index (κ2) is 14.9. The molecule has 0 aromatic heterocycles. The van der Waals surface area contributed by atoms with Gasteiger partial charge in [-0.25, -0.2) is 8.42 Å². The molecule has 3 rings (SSSR count). The minimum atomic E-state index is -4.26. The molecule has 0 aliphatic rings. The first kappa shape index (κ1) is 33.5. The van der Waals surface area contributed by atoms with Crippen LogP contribution in [0.1, 0.15) is 43.9 Å². The predicted octanol–water partition coefficient (Wildman–Crippen LogP) is 5.10. The topological polar surface area (TPSA) is 105 Å². The number of hydrogen-bond acceptors (Lipinski definition) is 6. The third-order valence-electron chi connectivity index (χ3n) is 7.09. The van der Waals surface area contributed by atoms with E-state index in [1.54, 1.807) is 24.3 Å². The number of carbonyl (C=O) groups excluding carboxylic acids is 2. The first-order chi connectivity index (χ1) is 20.4. The highest BCUT2D eigenvalue weighted by molar-refractivity contribution is 7.92. The van der Waals surface area contributed by atoms with Crippen LogP contribution in [0.2, 0.25) is 0 Å². The van der Waals surface area contributed by atoms with E-state index in [0.29, 0.717) is 24.4 Å². The zero-order valence-corrected chi connectivity index (χ0v) is 26.9. The van der Waals surface area contributed by atoms with E-state index in [2.05, 4.69) is 5.32 Å². The molecule has 0 radical (unpaired) electrons. The molecule has 3 aromatic carbocycles. The lowest BCUT2D eigenvalue weighted by Crippen LogP contribution is -2.52. The van der Waals surface area contributed by atoms with Gasteiger partial charge in [0, 0.05) is 19.2 Å². The van der Waals surface area contributed by atoms with Crippen LogP contribution in [-0.2, 0) is 26.2 Å². The molecule has 0 fully saturated rings. The summed E-state index contributed by atoms with van der Waals surface area (Å²) in [6.07, 6.45) is 0.356. The van der Waals surface area contributed by atoms with E-state index in [0.717, 1.165) is 21.0 Å². The highest BCUT2D eigenvalue weighted by Crippen LogP contribution is 2.32. The fourth-order valence-electron chi connectivity index (χ4n) is 4.58. The standard InChI is InChI=1S/C33H43N3O6S/c1-8-29(33(38)34-20-23(2)3)35(21-26-13-9-24(4)10-14-26)32(37)22-36(27-15-11-25(5)12-16-27)43(39,40)28-17-18-30(41-6)31(19-28)42-7/h9-19,23,29H,8,20-22H2,1-7H3,(H,34,38)/t29-/m1/s1. The molecule has 0 saturated carbocycles. The second-order valence-electron chi connectivity index (χ2n) is 10.9. The largest absolute Gasteiger partial charge is 0.493 e. The van der Waals surface area contributed by atoms with Gasteiger partial charge in [0.15, 0.2) is 11.5 Å². The number of carbonyl (C=O) groups is 2. The summed E-state index contributed by atoms with van der Waals surface area (Å²) in [5.74, 6) is 0.0684. The quantitative estimate of drug-likeness (QED) is 0.273. The molecule has 232 valence electrons. The van der Waals surface area contributed by atoms with Gasteiger partial charge >= 0.3 is 0 Å². The second-order valence-corrected chi connectivity index (χ2v) is 12.8. The number of aryl methyl sites for hydroxylation is 2. The maximum atomic E-state index is 14.2. The fourth-order valence-corrected chi connectivity index (χ4v) is 6.01. The first-order valence-corrected chi connectivity index (χ1v) is 15.8. The van der Waals surface area contributed by atoms with Gasteiger partial charge in [-0.3, -0.25) is 13.9 Å². The Morgan fingerprint density at radius 3 is 1.98 bits per heavy atom. The summed E-state index contributed by atoms with van der Waals surface area (Å²) >= 11 is 0. The van der Waals surface area contributed by atoms with E-state index in [1.807, 2.05) is 58.9 Å². The highest BCUT2D eigenvalue weighted by atomic mass is 32.2. The van der Waals surface area contributed by atoms with Crippen LogP contribution < -0.4 is 19.1 Å². The summed E-state index contributed by atoms with van der Waals surface area (Å²) in [5.41, 5.74) is 3.15. The van der Waals surface area contributed by atoms with Crippen LogP contribution >= 0.6 is 0 Å². The molecule has 0 saturated heterocycles. The Hall–Kier alpha value is -4.05. The lowest BCUT2D eigenvalue weighted by molar-refractivity contribution is -0.140. The minimum absolute atomic E-state index is 0.0645. The van der Waals surface area contributed by atoms with E-state index >= 15 is 0 Å². The Morgan fingerprint density at radius 2 is 1.44 bits per heavy atom. The van der Waals surface area contributed by atoms with Crippen LogP contribution in [0.4, 0.5) is 5.69 Å². The van der Waals surface area contributed by atoms with Crippen LogP contribution in [0.5, 0.6) is 11.5 Å². The van der Waals surface area contributed by atoms with Crippen molar-refractivity contribution in [1.29, 1.82) is 0 Å². The van der Waals surface area contributed by atoms with Gasteiger partial charge in [0.05, 0.1) is 24.8 Å². The fraction of sp³-hybridized carbons (Fsp3) is 0.394. The Labute approximate surface area is 255 Å². The molecule has 1 N–H and O–H groups in total. The van der Waals surface area contributed by atoms with Crippen LogP contribution in [0.3, 0.4) is 0 Å². The van der Waals surface area contributed by atoms with Gasteiger partial charge in [-0.2, -0.15) is 0 Å². The third kappa shape index (κ3) is 8.50. The zero-order chi connectivity index (χ0) is 31.7. The molecule has 43 heavy (non-hydrogen) atoms. The van der Waals surface area contributed by atoms with Crippen molar-refractivity contribution >= 4 is 27.5 Å². The number of nitrogens with zero attached hydrogens (tertiary/aromatic N) is 2. The maximum Gasteiger partial charge on any atom is 0.264 e. The zero-order valence-electron chi connectivity index (χ0n) is 26.1. The van der Waals surface area contributed by atoms with Crippen LogP contribution in [0, 0.1) is 19.8 Å². The van der Waals surface area contributed by atoms with Crippen molar-refractivity contribution < 1.29 is 27.5 Å². The molecule has 2 amide bonds. The van der Waals surface area contributed by atoms with Gasteiger partial charge in [-0.15, -0.1) is 0 Å². The number of hydrogen-bond donors (Lipinski definition) is 1. The molecule has 1 atom stereocenters. The summed E-state index contributed by atoms with van der Waals surface area (Å²) in [4.78, 5) is 29.0. The Morgan fingerprint density at radius 1 is 0.860 bits per heavy atom. The maximum absolute atomic E-state index is 14.2. The van der Waals surface area contributed by atoms with E-state index in [4.69, 9.17) is 9.47 Å². The summed E-state index contributed by atoms with van der Waals surface area (Å²) < 4.78 is 40.1. The number of methoxy groups -OCH3 is 2. The Balaban J connectivity index is 2.08. The molecule has 0 spiro atoms. The number of sulfonamides is 1. The summed E-state index contributed by atoms with van der Waals surface area (Å²) in [5, 5.41) is 2.94. The average Bonchev–Trinajstić information content (AvgIpc) is 2.99. The average molecular weight is 610 g/mol. The lowest BCUT2D eigenvalue weighted by Gasteiger charge is -2.33. The number of anilines is 1. The number of benzene rings is 3. The van der Waals surface area contributed by atoms with Gasteiger partial charge in [0.1, 0.15) is 12.6 Å². The van der Waals surface area contributed by atoms with E-state index in [-0.39, 0.29) is 29.0 Å². The molecule has 3 aromatic rings. The molecular formula is C33H43N3O6S. The number of rotatable bonds is 14. The van der Waals surface area contributed by atoms with Crippen molar-refractivity contribution in [3.05, 3.63) is 83.4 Å². The first-order valence-electron chi connectivity index (χ1n) is 14.3. The third-order valence-corrected chi connectivity index (χ3v) is 8.86. The van der Waals surface area contributed by atoms with E-state index in [1.165, 1.54) is 37.3 Å². The van der Waals surface area contributed by atoms with Gasteiger partial charge in [0.2, 0.25) is 11.8 Å².